The van der Waals surface area contributed by atoms with Gasteiger partial charge in [-0.05, 0) is 13.3 Å². The fourth-order valence-electron chi connectivity index (χ4n) is 0.318. The van der Waals surface area contributed by atoms with Gasteiger partial charge < -0.3 is 29.6 Å². The number of ether oxygens (including phenoxy) is 1. The minimum Gasteiger partial charge on any atom is -1.00 e. The molecule has 0 aliphatic rings. The minimum absolute atomic E-state index is 0. The van der Waals surface area contributed by atoms with Crippen LogP contribution < -0.4 is 24.8 Å². The van der Waals surface area contributed by atoms with E-state index in [1.54, 1.807) is 6.92 Å². The number of carbonyl (C=O) groups excluding carboxylic acids is 1. The Bertz CT molecular complexity index is 129. The summed E-state index contributed by atoms with van der Waals surface area (Å²) in [7, 11) is 0. The maximum Gasteiger partial charge on any atom is 2.00 e. The van der Waals surface area contributed by atoms with Crippen molar-refractivity contribution in [2.45, 2.75) is 20.3 Å². The van der Waals surface area contributed by atoms with E-state index in [1.165, 1.54) is 0 Å². The van der Waals surface area contributed by atoms with Crippen molar-refractivity contribution in [2.24, 2.45) is 0 Å². The molecule has 0 aromatic heterocycles. The van der Waals surface area contributed by atoms with Crippen molar-refractivity contribution in [3.8, 4) is 0 Å². The number of rotatable bonds is 3. The molecule has 0 atom stereocenters. The van der Waals surface area contributed by atoms with E-state index in [2.05, 4.69) is 6.58 Å². The van der Waals surface area contributed by atoms with Gasteiger partial charge >= 0.3 is 29.9 Å². The van der Waals surface area contributed by atoms with Crippen LogP contribution in [0.1, 0.15) is 20.3 Å². The Morgan fingerprint density at radius 2 is 1.83 bits per heavy atom. The van der Waals surface area contributed by atoms with Crippen LogP contribution in [0.5, 0.6) is 0 Å². The van der Waals surface area contributed by atoms with Crippen LogP contribution in [-0.4, -0.2) is 36.5 Å². The van der Waals surface area contributed by atoms with Crippen molar-refractivity contribution in [2.75, 3.05) is 6.61 Å². The molecule has 0 bridgehead atoms. The van der Waals surface area contributed by atoms with Crippen molar-refractivity contribution >= 4 is 29.9 Å². The number of halogens is 2. The topological polar surface area (TPSA) is 26.3 Å². The molecule has 0 rings (SSSR count). The van der Waals surface area contributed by atoms with Crippen LogP contribution in [0.25, 0.3) is 0 Å². The molecule has 0 unspecified atom stereocenters. The van der Waals surface area contributed by atoms with E-state index < -0.39 is 0 Å². The molecule has 12 heavy (non-hydrogen) atoms. The first kappa shape index (κ1) is 22.9. The summed E-state index contributed by atoms with van der Waals surface area (Å²) in [5, 5.41) is 0. The fraction of sp³-hybridized carbons (Fsp3) is 0.571. The van der Waals surface area contributed by atoms with E-state index in [-0.39, 0.29) is 54.7 Å². The first-order valence-electron chi connectivity index (χ1n) is 3.01. The fourth-order valence-corrected chi connectivity index (χ4v) is 0.318. The SMILES string of the molecule is C=C(C)C(=O)OCCC.[Cl-].[Cl-].[Sn+2]. The molecular formula is C7H12Cl2O2Sn. The molecule has 0 spiro atoms. The zero-order valence-electron chi connectivity index (χ0n) is 7.19. The monoisotopic (exact) mass is 318 g/mol. The quantitative estimate of drug-likeness (QED) is 0.296. The van der Waals surface area contributed by atoms with Crippen LogP contribution in [0.15, 0.2) is 12.2 Å². The van der Waals surface area contributed by atoms with Crippen LogP contribution >= 0.6 is 0 Å². The van der Waals surface area contributed by atoms with Crippen molar-refractivity contribution in [1.29, 1.82) is 0 Å². The van der Waals surface area contributed by atoms with Gasteiger partial charge in [-0.2, -0.15) is 0 Å². The van der Waals surface area contributed by atoms with Gasteiger partial charge in [0, 0.05) is 5.57 Å². The zero-order chi connectivity index (χ0) is 7.28. The first-order valence-corrected chi connectivity index (χ1v) is 3.01. The molecule has 0 aliphatic heterocycles. The van der Waals surface area contributed by atoms with Crippen LogP contribution in [0, 0.1) is 0 Å². The molecule has 0 fully saturated rings. The molecular weight excluding hydrogens is 306 g/mol. The third kappa shape index (κ3) is 13.2. The van der Waals surface area contributed by atoms with Gasteiger partial charge in [-0.1, -0.05) is 13.5 Å². The minimum atomic E-state index is -0.295. The standard InChI is InChI=1S/C7H12O2.2ClH.Sn/c1-4-5-9-7(8)6(2)3;;;/h2,4-5H2,1,3H3;2*1H;/q;;;+2/p-2. The molecule has 5 heteroatoms. The number of esters is 1. The summed E-state index contributed by atoms with van der Waals surface area (Å²) >= 11 is 0. The summed E-state index contributed by atoms with van der Waals surface area (Å²) in [6.45, 7) is 7.51. The van der Waals surface area contributed by atoms with Gasteiger partial charge in [-0.15, -0.1) is 0 Å². The predicted molar refractivity (Wildman–Crippen MR) is 41.8 cm³/mol. The summed E-state index contributed by atoms with van der Waals surface area (Å²) in [6.07, 6.45) is 0.860. The Morgan fingerprint density at radius 3 is 2.08 bits per heavy atom. The van der Waals surface area contributed by atoms with Crippen LogP contribution in [0.4, 0.5) is 0 Å². The summed E-state index contributed by atoms with van der Waals surface area (Å²) in [5.41, 5.74) is 0.462. The summed E-state index contributed by atoms with van der Waals surface area (Å²) in [4.78, 5) is 10.6. The molecule has 2 nitrogen and oxygen atoms in total. The van der Waals surface area contributed by atoms with Gasteiger partial charge in [0.25, 0.3) is 0 Å². The molecule has 0 aromatic carbocycles. The molecule has 0 saturated heterocycles. The third-order valence-electron chi connectivity index (χ3n) is 0.786. The van der Waals surface area contributed by atoms with E-state index in [1.807, 2.05) is 6.92 Å². The molecule has 0 saturated carbocycles. The van der Waals surface area contributed by atoms with Gasteiger partial charge in [0.05, 0.1) is 6.61 Å². The van der Waals surface area contributed by atoms with Gasteiger partial charge in [0.2, 0.25) is 0 Å². The second-order valence-electron chi connectivity index (χ2n) is 1.92. The molecule has 0 heterocycles. The van der Waals surface area contributed by atoms with Crippen molar-refractivity contribution < 1.29 is 34.3 Å². The Hall–Kier alpha value is 0.589. The molecule has 2 radical (unpaired) electrons. The Kier molecular flexibility index (Phi) is 27.0. The summed E-state index contributed by atoms with van der Waals surface area (Å²) < 4.78 is 4.71. The van der Waals surface area contributed by atoms with Gasteiger partial charge in [0.15, 0.2) is 0 Å². The number of hydrogen-bond donors (Lipinski definition) is 0. The largest absolute Gasteiger partial charge is 2.00 e. The third-order valence-corrected chi connectivity index (χ3v) is 0.786. The second kappa shape index (κ2) is 14.1. The van der Waals surface area contributed by atoms with Crippen LogP contribution in [0.2, 0.25) is 0 Å². The van der Waals surface area contributed by atoms with E-state index in [0.717, 1.165) is 6.42 Å². The molecule has 70 valence electrons. The smallest absolute Gasteiger partial charge is 1.00 e. The van der Waals surface area contributed by atoms with Crippen molar-refractivity contribution in [3.05, 3.63) is 12.2 Å². The van der Waals surface area contributed by atoms with E-state index in [9.17, 15) is 4.79 Å². The maximum atomic E-state index is 10.6. The molecule has 0 aliphatic carbocycles. The van der Waals surface area contributed by atoms with E-state index in [0.29, 0.717) is 12.2 Å². The Labute approximate surface area is 103 Å². The van der Waals surface area contributed by atoms with E-state index >= 15 is 0 Å². The Balaban J connectivity index is -0.000000107. The number of carbonyl (C=O) groups is 1. The van der Waals surface area contributed by atoms with Gasteiger partial charge in [0.1, 0.15) is 0 Å². The average molecular weight is 318 g/mol. The van der Waals surface area contributed by atoms with Crippen molar-refractivity contribution in [3.63, 3.8) is 0 Å². The molecule has 0 aromatic rings. The van der Waals surface area contributed by atoms with Gasteiger partial charge in [-0.25, -0.2) is 4.79 Å². The Morgan fingerprint density at radius 1 is 1.42 bits per heavy atom. The van der Waals surface area contributed by atoms with E-state index in [4.69, 9.17) is 4.74 Å². The normalized spacial score (nSPS) is 6.50. The maximum absolute atomic E-state index is 10.6. The van der Waals surface area contributed by atoms with Crippen LogP contribution in [-0.2, 0) is 9.53 Å². The molecule has 0 N–H and O–H groups in total. The molecule has 0 amide bonds. The zero-order valence-corrected chi connectivity index (χ0v) is 11.6. The predicted octanol–water partition coefficient (Wildman–Crippen LogP) is -4.86. The summed E-state index contributed by atoms with van der Waals surface area (Å²) in [6, 6.07) is 0. The summed E-state index contributed by atoms with van der Waals surface area (Å²) in [5.74, 6) is -0.295. The first-order chi connectivity index (χ1) is 4.18. The average Bonchev–Trinajstić information content (AvgIpc) is 1.82. The van der Waals surface area contributed by atoms with Crippen molar-refractivity contribution in [1.82, 2.24) is 0 Å². The number of hydrogen-bond acceptors (Lipinski definition) is 2. The second-order valence-corrected chi connectivity index (χ2v) is 1.92. The van der Waals surface area contributed by atoms with Crippen LogP contribution in [0.3, 0.4) is 0 Å². The van der Waals surface area contributed by atoms with Gasteiger partial charge in [-0.3, -0.25) is 0 Å².